The molecule has 2 rings (SSSR count). The largest absolute Gasteiger partial charge is 0.493 e. The van der Waals surface area contributed by atoms with Gasteiger partial charge < -0.3 is 14.2 Å². The Bertz CT molecular complexity index is 735. The molecule has 0 bridgehead atoms. The predicted molar refractivity (Wildman–Crippen MR) is 97.8 cm³/mol. The fourth-order valence-corrected chi connectivity index (χ4v) is 2.26. The molecule has 0 heterocycles. The van der Waals surface area contributed by atoms with Gasteiger partial charge in [-0.05, 0) is 36.8 Å². The number of nitrogens with zero attached hydrogens (tertiary/aromatic N) is 1. The molecule has 0 spiro atoms. The first-order valence-corrected chi connectivity index (χ1v) is 8.02. The van der Waals surface area contributed by atoms with E-state index in [0.717, 1.165) is 5.69 Å². The number of carbonyl (C=O) groups is 1. The molecule has 0 aliphatic heterocycles. The minimum atomic E-state index is -0.474. The van der Waals surface area contributed by atoms with Crippen LogP contribution in [-0.2, 0) is 9.53 Å². The van der Waals surface area contributed by atoms with Crippen molar-refractivity contribution in [1.29, 1.82) is 0 Å². The molecule has 25 heavy (non-hydrogen) atoms. The minimum Gasteiger partial charge on any atom is -0.493 e. The van der Waals surface area contributed by atoms with Gasteiger partial charge in [0, 0.05) is 0 Å². The van der Waals surface area contributed by atoms with Gasteiger partial charge in [0.15, 0.2) is 18.1 Å². The molecule has 0 fully saturated rings. The zero-order valence-corrected chi connectivity index (χ0v) is 14.7. The molecule has 0 aromatic heterocycles. The molecule has 2 aromatic carbocycles. The second kappa shape index (κ2) is 9.54. The monoisotopic (exact) mass is 362 g/mol. The summed E-state index contributed by atoms with van der Waals surface area (Å²) >= 11 is 6.23. The van der Waals surface area contributed by atoms with Crippen molar-refractivity contribution in [2.24, 2.45) is 5.10 Å². The average Bonchev–Trinajstić information content (AvgIpc) is 2.61. The molecule has 132 valence electrons. The maximum atomic E-state index is 11.4. The van der Waals surface area contributed by atoms with Crippen molar-refractivity contribution >= 4 is 29.5 Å². The molecule has 6 nitrogen and oxygen atoms in total. The first-order chi connectivity index (χ1) is 12.1. The summed E-state index contributed by atoms with van der Waals surface area (Å²) in [5.41, 5.74) is 4.50. The molecule has 0 radical (unpaired) electrons. The minimum absolute atomic E-state index is 0.243. The van der Waals surface area contributed by atoms with E-state index in [1.165, 1.54) is 7.11 Å². The summed E-state index contributed by atoms with van der Waals surface area (Å²) in [6.45, 7) is 1.77. The van der Waals surface area contributed by atoms with Crippen LogP contribution in [0.5, 0.6) is 11.5 Å². The molecule has 0 aliphatic rings. The van der Waals surface area contributed by atoms with E-state index in [9.17, 15) is 4.79 Å². The van der Waals surface area contributed by atoms with Gasteiger partial charge in [-0.3, -0.25) is 5.43 Å². The molecule has 2 aromatic rings. The number of esters is 1. The van der Waals surface area contributed by atoms with E-state index in [2.05, 4.69) is 10.5 Å². The van der Waals surface area contributed by atoms with Gasteiger partial charge >= 0.3 is 5.97 Å². The van der Waals surface area contributed by atoms with Gasteiger partial charge in [-0.2, -0.15) is 5.10 Å². The van der Waals surface area contributed by atoms with Crippen molar-refractivity contribution in [3.05, 3.63) is 53.1 Å². The summed E-state index contributed by atoms with van der Waals surface area (Å²) in [6.07, 6.45) is 1.61. The highest BCUT2D eigenvalue weighted by molar-refractivity contribution is 6.32. The lowest BCUT2D eigenvalue weighted by molar-refractivity contribution is -0.145. The average molecular weight is 363 g/mol. The maximum absolute atomic E-state index is 11.4. The third kappa shape index (κ3) is 5.69. The van der Waals surface area contributed by atoms with Crippen LogP contribution in [-0.4, -0.2) is 32.5 Å². The summed E-state index contributed by atoms with van der Waals surface area (Å²) in [5, 5.41) is 4.46. The quantitative estimate of drug-likeness (QED) is 0.440. The van der Waals surface area contributed by atoms with Crippen LogP contribution in [0, 0.1) is 0 Å². The molecule has 0 saturated carbocycles. The number of hydrogen-bond donors (Lipinski definition) is 1. The van der Waals surface area contributed by atoms with Gasteiger partial charge in [-0.25, -0.2) is 4.79 Å². The third-order valence-corrected chi connectivity index (χ3v) is 3.35. The lowest BCUT2D eigenvalue weighted by Gasteiger charge is -2.12. The van der Waals surface area contributed by atoms with Crippen molar-refractivity contribution in [3.8, 4) is 11.5 Å². The molecule has 1 N–H and O–H groups in total. The van der Waals surface area contributed by atoms with Crippen molar-refractivity contribution in [2.75, 3.05) is 25.7 Å². The van der Waals surface area contributed by atoms with Gasteiger partial charge in [0.05, 0.1) is 30.6 Å². The second-order valence-corrected chi connectivity index (χ2v) is 5.27. The van der Waals surface area contributed by atoms with Crippen LogP contribution in [0.15, 0.2) is 47.6 Å². The number of carbonyl (C=O) groups excluding carboxylic acids is 1. The van der Waals surface area contributed by atoms with Crippen LogP contribution < -0.4 is 14.9 Å². The van der Waals surface area contributed by atoms with E-state index >= 15 is 0 Å². The van der Waals surface area contributed by atoms with Crippen LogP contribution >= 0.6 is 11.6 Å². The summed E-state index contributed by atoms with van der Waals surface area (Å²) < 4.78 is 15.5. The summed E-state index contributed by atoms with van der Waals surface area (Å²) in [5.74, 6) is 0.210. The van der Waals surface area contributed by atoms with Gasteiger partial charge in [0.25, 0.3) is 0 Å². The highest BCUT2D eigenvalue weighted by atomic mass is 35.5. The lowest BCUT2D eigenvalue weighted by Crippen LogP contribution is -2.15. The topological polar surface area (TPSA) is 69.2 Å². The first kappa shape index (κ1) is 18.6. The standard InChI is InChI=1S/C18H19ClN2O4/c1-3-24-17(22)12-25-18-15(19)9-13(10-16(18)23-2)11-20-21-14-7-5-4-6-8-14/h4-11,21H,3,12H2,1-2H3. The van der Waals surface area contributed by atoms with Crippen LogP contribution in [0.2, 0.25) is 5.02 Å². The first-order valence-electron chi connectivity index (χ1n) is 7.64. The van der Waals surface area contributed by atoms with Crippen LogP contribution in [0.1, 0.15) is 12.5 Å². The van der Waals surface area contributed by atoms with E-state index < -0.39 is 5.97 Å². The number of para-hydroxylation sites is 1. The highest BCUT2D eigenvalue weighted by Gasteiger charge is 2.13. The fourth-order valence-electron chi connectivity index (χ4n) is 1.98. The van der Waals surface area contributed by atoms with Gasteiger partial charge in [0.1, 0.15) is 0 Å². The molecule has 0 aliphatic carbocycles. The van der Waals surface area contributed by atoms with Gasteiger partial charge in [-0.1, -0.05) is 29.8 Å². The van der Waals surface area contributed by atoms with Crippen LogP contribution in [0.25, 0.3) is 0 Å². The van der Waals surface area contributed by atoms with Gasteiger partial charge in [-0.15, -0.1) is 0 Å². The van der Waals surface area contributed by atoms with Crippen molar-refractivity contribution in [3.63, 3.8) is 0 Å². The Morgan fingerprint density at radius 3 is 2.72 bits per heavy atom. The van der Waals surface area contributed by atoms with E-state index in [0.29, 0.717) is 16.3 Å². The number of hydrogen-bond acceptors (Lipinski definition) is 6. The zero-order valence-electron chi connectivity index (χ0n) is 14.0. The Morgan fingerprint density at radius 1 is 1.28 bits per heavy atom. The Balaban J connectivity index is 2.08. The molecule has 0 atom stereocenters. The number of methoxy groups -OCH3 is 1. The SMILES string of the molecule is CCOC(=O)COc1c(Cl)cc(C=NNc2ccccc2)cc1OC. The normalized spacial score (nSPS) is 10.5. The summed E-state index contributed by atoms with van der Waals surface area (Å²) in [6, 6.07) is 12.9. The Labute approximate surface area is 151 Å². The molecule has 0 amide bonds. The summed E-state index contributed by atoms with van der Waals surface area (Å²) in [7, 11) is 1.49. The number of rotatable bonds is 8. The number of nitrogens with one attached hydrogen (secondary N) is 1. The number of hydrazone groups is 1. The molecule has 7 heteroatoms. The number of halogens is 1. The van der Waals surface area contributed by atoms with Crippen LogP contribution in [0.3, 0.4) is 0 Å². The van der Waals surface area contributed by atoms with E-state index in [-0.39, 0.29) is 19.0 Å². The Morgan fingerprint density at radius 2 is 2.04 bits per heavy atom. The fraction of sp³-hybridized carbons (Fsp3) is 0.222. The molecule has 0 saturated heterocycles. The zero-order chi connectivity index (χ0) is 18.1. The predicted octanol–water partition coefficient (Wildman–Crippen LogP) is 3.74. The number of anilines is 1. The Kier molecular flexibility index (Phi) is 7.10. The van der Waals surface area contributed by atoms with E-state index in [1.54, 1.807) is 25.3 Å². The van der Waals surface area contributed by atoms with Crippen LogP contribution in [0.4, 0.5) is 5.69 Å². The molecule has 0 unspecified atom stereocenters. The lowest BCUT2D eigenvalue weighted by atomic mass is 10.2. The number of ether oxygens (including phenoxy) is 3. The van der Waals surface area contributed by atoms with E-state index in [4.69, 9.17) is 25.8 Å². The Hall–Kier alpha value is -2.73. The van der Waals surface area contributed by atoms with Crippen molar-refractivity contribution in [2.45, 2.75) is 6.92 Å². The molecular formula is C18H19ClN2O4. The van der Waals surface area contributed by atoms with E-state index in [1.807, 2.05) is 30.3 Å². The summed E-state index contributed by atoms with van der Waals surface area (Å²) in [4.78, 5) is 11.4. The highest BCUT2D eigenvalue weighted by Crippen LogP contribution is 2.36. The maximum Gasteiger partial charge on any atom is 0.344 e. The van der Waals surface area contributed by atoms with Crippen molar-refractivity contribution < 1.29 is 19.0 Å². The second-order valence-electron chi connectivity index (χ2n) is 4.86. The van der Waals surface area contributed by atoms with Gasteiger partial charge in [0.2, 0.25) is 0 Å². The number of benzene rings is 2. The smallest absolute Gasteiger partial charge is 0.344 e. The van der Waals surface area contributed by atoms with Crippen molar-refractivity contribution in [1.82, 2.24) is 0 Å². The third-order valence-electron chi connectivity index (χ3n) is 3.07. The molecular weight excluding hydrogens is 344 g/mol.